The Hall–Kier alpha value is -3.08. The van der Waals surface area contributed by atoms with Crippen LogP contribution in [0.3, 0.4) is 0 Å². The van der Waals surface area contributed by atoms with Crippen molar-refractivity contribution in [3.63, 3.8) is 0 Å². The van der Waals surface area contributed by atoms with Gasteiger partial charge in [0.2, 0.25) is 5.91 Å². The Labute approximate surface area is 153 Å². The van der Waals surface area contributed by atoms with Crippen molar-refractivity contribution in [1.29, 1.82) is 0 Å². The molecular formula is C21H22N4O. The second-order valence-electron chi connectivity index (χ2n) is 6.63. The molecule has 132 valence electrons. The largest absolute Gasteiger partial charge is 0.382 e. The van der Waals surface area contributed by atoms with E-state index in [0.29, 0.717) is 13.0 Å². The molecule has 0 saturated carbocycles. The van der Waals surface area contributed by atoms with Gasteiger partial charge in [0.25, 0.3) is 0 Å². The van der Waals surface area contributed by atoms with Crippen LogP contribution in [0.2, 0.25) is 0 Å². The highest BCUT2D eigenvalue weighted by molar-refractivity contribution is 5.99. The number of anilines is 2. The van der Waals surface area contributed by atoms with Crippen LogP contribution < -0.4 is 10.6 Å². The number of hydrogen-bond donors (Lipinski definition) is 2. The molecule has 5 nitrogen and oxygen atoms in total. The van der Waals surface area contributed by atoms with E-state index in [1.54, 1.807) is 0 Å². The summed E-state index contributed by atoms with van der Waals surface area (Å²) >= 11 is 0. The van der Waals surface area contributed by atoms with Crippen LogP contribution >= 0.6 is 0 Å². The molecule has 1 atom stereocenters. The molecule has 0 spiro atoms. The smallest absolute Gasteiger partial charge is 0.226 e. The molecular weight excluding hydrogens is 324 g/mol. The Balaban J connectivity index is 1.76. The SMILES string of the molecule is Cc1c(-c2cccc3c2NCCC(=O)N3)cnn1C(C)c1ccccc1. The van der Waals surface area contributed by atoms with E-state index in [1.807, 2.05) is 24.4 Å². The topological polar surface area (TPSA) is 59.0 Å². The van der Waals surface area contributed by atoms with Crippen molar-refractivity contribution < 1.29 is 4.79 Å². The molecule has 3 aromatic rings. The summed E-state index contributed by atoms with van der Waals surface area (Å²) in [4.78, 5) is 11.8. The number of fused-ring (bicyclic) bond motifs is 1. The third kappa shape index (κ3) is 2.86. The van der Waals surface area contributed by atoms with Crippen LogP contribution in [0.4, 0.5) is 11.4 Å². The molecule has 1 aliphatic heterocycles. The van der Waals surface area contributed by atoms with Gasteiger partial charge in [0.05, 0.1) is 23.6 Å². The molecule has 26 heavy (non-hydrogen) atoms. The lowest BCUT2D eigenvalue weighted by molar-refractivity contribution is -0.115. The summed E-state index contributed by atoms with van der Waals surface area (Å²) in [5.74, 6) is 0.0403. The first-order valence-corrected chi connectivity index (χ1v) is 8.91. The number of rotatable bonds is 3. The summed E-state index contributed by atoms with van der Waals surface area (Å²) in [7, 11) is 0. The lowest BCUT2D eigenvalue weighted by atomic mass is 10.0. The molecule has 1 aliphatic rings. The van der Waals surface area contributed by atoms with Gasteiger partial charge < -0.3 is 10.6 Å². The van der Waals surface area contributed by atoms with E-state index >= 15 is 0 Å². The van der Waals surface area contributed by atoms with E-state index in [4.69, 9.17) is 0 Å². The van der Waals surface area contributed by atoms with Crippen molar-refractivity contribution in [2.75, 3.05) is 17.2 Å². The Kier molecular flexibility index (Phi) is 4.21. The van der Waals surface area contributed by atoms with Crippen molar-refractivity contribution >= 4 is 17.3 Å². The Bertz CT molecular complexity index is 946. The number of amides is 1. The summed E-state index contributed by atoms with van der Waals surface area (Å²) in [6.07, 6.45) is 2.39. The molecule has 0 radical (unpaired) electrons. The number of carbonyl (C=O) groups is 1. The average Bonchev–Trinajstić information content (AvgIpc) is 2.92. The van der Waals surface area contributed by atoms with Crippen LogP contribution in [-0.2, 0) is 4.79 Å². The molecule has 1 unspecified atom stereocenters. The van der Waals surface area contributed by atoms with Gasteiger partial charge >= 0.3 is 0 Å². The maximum absolute atomic E-state index is 11.8. The average molecular weight is 346 g/mol. The zero-order valence-electron chi connectivity index (χ0n) is 15.0. The minimum Gasteiger partial charge on any atom is -0.382 e. The van der Waals surface area contributed by atoms with Crippen molar-refractivity contribution in [2.45, 2.75) is 26.3 Å². The van der Waals surface area contributed by atoms with Crippen LogP contribution in [0, 0.1) is 6.92 Å². The minimum atomic E-state index is 0.0403. The normalized spacial score (nSPS) is 14.8. The lowest BCUT2D eigenvalue weighted by Gasteiger charge is -2.16. The van der Waals surface area contributed by atoms with Gasteiger partial charge in [0.1, 0.15) is 0 Å². The molecule has 0 fully saturated rings. The molecule has 2 aromatic carbocycles. The van der Waals surface area contributed by atoms with Gasteiger partial charge in [-0.25, -0.2) is 0 Å². The molecule has 1 aromatic heterocycles. The maximum atomic E-state index is 11.8. The van der Waals surface area contributed by atoms with Gasteiger partial charge in [0, 0.05) is 29.8 Å². The zero-order valence-corrected chi connectivity index (χ0v) is 15.0. The van der Waals surface area contributed by atoms with Crippen molar-refractivity contribution in [2.24, 2.45) is 0 Å². The summed E-state index contributed by atoms with van der Waals surface area (Å²) < 4.78 is 2.05. The number of carbonyl (C=O) groups excluding carboxylic acids is 1. The number of aromatic nitrogens is 2. The molecule has 2 N–H and O–H groups in total. The van der Waals surface area contributed by atoms with Gasteiger partial charge in [-0.05, 0) is 25.5 Å². The summed E-state index contributed by atoms with van der Waals surface area (Å²) in [6.45, 7) is 4.88. The summed E-state index contributed by atoms with van der Waals surface area (Å²) in [5, 5.41) is 11.0. The number of nitrogens with one attached hydrogen (secondary N) is 2. The van der Waals surface area contributed by atoms with E-state index in [1.165, 1.54) is 5.56 Å². The van der Waals surface area contributed by atoms with E-state index in [-0.39, 0.29) is 11.9 Å². The Morgan fingerprint density at radius 2 is 1.88 bits per heavy atom. The van der Waals surface area contributed by atoms with Gasteiger partial charge in [-0.2, -0.15) is 5.10 Å². The summed E-state index contributed by atoms with van der Waals surface area (Å²) in [6, 6.07) is 16.5. The van der Waals surface area contributed by atoms with Crippen molar-refractivity contribution in [3.05, 3.63) is 66.0 Å². The van der Waals surface area contributed by atoms with Crippen molar-refractivity contribution in [1.82, 2.24) is 9.78 Å². The Morgan fingerprint density at radius 1 is 1.08 bits per heavy atom. The predicted molar refractivity (Wildman–Crippen MR) is 104 cm³/mol. The monoisotopic (exact) mass is 346 g/mol. The molecule has 0 aliphatic carbocycles. The summed E-state index contributed by atoms with van der Waals surface area (Å²) in [5.41, 5.74) is 6.26. The highest BCUT2D eigenvalue weighted by Crippen LogP contribution is 2.37. The van der Waals surface area contributed by atoms with Crippen LogP contribution in [-0.4, -0.2) is 22.2 Å². The number of nitrogens with zero attached hydrogens (tertiary/aromatic N) is 2. The third-order valence-electron chi connectivity index (χ3n) is 4.98. The molecule has 2 heterocycles. The number of hydrogen-bond acceptors (Lipinski definition) is 3. The fraction of sp³-hybridized carbons (Fsp3) is 0.238. The minimum absolute atomic E-state index is 0.0403. The van der Waals surface area contributed by atoms with E-state index in [2.05, 4.69) is 64.6 Å². The first kappa shape index (κ1) is 16.4. The van der Waals surface area contributed by atoms with Gasteiger partial charge in [-0.3, -0.25) is 9.48 Å². The fourth-order valence-electron chi connectivity index (χ4n) is 3.54. The van der Waals surface area contributed by atoms with Crippen LogP contribution in [0.15, 0.2) is 54.7 Å². The molecule has 4 rings (SSSR count). The quantitative estimate of drug-likeness (QED) is 0.746. The van der Waals surface area contributed by atoms with E-state index < -0.39 is 0 Å². The van der Waals surface area contributed by atoms with E-state index in [0.717, 1.165) is 28.2 Å². The highest BCUT2D eigenvalue weighted by atomic mass is 16.1. The van der Waals surface area contributed by atoms with Gasteiger partial charge in [-0.15, -0.1) is 0 Å². The number of benzene rings is 2. The highest BCUT2D eigenvalue weighted by Gasteiger charge is 2.20. The van der Waals surface area contributed by atoms with Gasteiger partial charge in [0.15, 0.2) is 0 Å². The third-order valence-corrected chi connectivity index (χ3v) is 4.98. The van der Waals surface area contributed by atoms with Crippen molar-refractivity contribution in [3.8, 4) is 11.1 Å². The fourth-order valence-corrected chi connectivity index (χ4v) is 3.54. The second-order valence-corrected chi connectivity index (χ2v) is 6.63. The molecule has 0 bridgehead atoms. The molecule has 1 amide bonds. The standard InChI is InChI=1S/C21H22N4O/c1-14(16-7-4-3-5-8-16)25-15(2)18(13-23-25)17-9-6-10-19-21(17)22-12-11-20(26)24-19/h3-10,13-14,22H,11-12H2,1-2H3,(H,24,26). The molecule has 0 saturated heterocycles. The van der Waals surface area contributed by atoms with Crippen LogP contribution in [0.5, 0.6) is 0 Å². The number of para-hydroxylation sites is 1. The first-order chi connectivity index (χ1) is 12.6. The predicted octanol–water partition coefficient (Wildman–Crippen LogP) is 4.22. The Morgan fingerprint density at radius 3 is 2.69 bits per heavy atom. The van der Waals surface area contributed by atoms with E-state index in [9.17, 15) is 4.79 Å². The molecule has 5 heteroatoms. The van der Waals surface area contributed by atoms with Gasteiger partial charge in [-0.1, -0.05) is 42.5 Å². The maximum Gasteiger partial charge on any atom is 0.226 e. The van der Waals surface area contributed by atoms with Crippen LogP contribution in [0.1, 0.15) is 30.6 Å². The lowest BCUT2D eigenvalue weighted by Crippen LogP contribution is -2.10. The second kappa shape index (κ2) is 6.67. The first-order valence-electron chi connectivity index (χ1n) is 8.91. The van der Waals surface area contributed by atoms with Crippen LogP contribution in [0.25, 0.3) is 11.1 Å². The zero-order chi connectivity index (χ0) is 18.1.